The topological polar surface area (TPSA) is 98.8 Å². The second-order valence-corrected chi connectivity index (χ2v) is 8.48. The highest BCUT2D eigenvalue weighted by Crippen LogP contribution is 2.17. The molecule has 25 heavy (non-hydrogen) atoms. The lowest BCUT2D eigenvalue weighted by molar-refractivity contribution is 0.0948. The molecule has 0 saturated carbocycles. The summed E-state index contributed by atoms with van der Waals surface area (Å²) in [5, 5.41) is 5.58. The fraction of sp³-hybridized carbons (Fsp3) is 0.500. The van der Waals surface area contributed by atoms with Gasteiger partial charge < -0.3 is 10.6 Å². The van der Waals surface area contributed by atoms with Crippen LogP contribution >= 0.6 is 0 Å². The lowest BCUT2D eigenvalue weighted by Crippen LogP contribution is -2.43. The maximum absolute atomic E-state index is 12.2. The Morgan fingerprint density at radius 3 is 2.40 bits per heavy atom. The fourth-order valence-electron chi connectivity index (χ4n) is 2.91. The van der Waals surface area contributed by atoms with Crippen molar-refractivity contribution in [2.24, 2.45) is 0 Å². The zero-order valence-electron chi connectivity index (χ0n) is 13.9. The van der Waals surface area contributed by atoms with E-state index in [1.807, 2.05) is 4.90 Å². The van der Waals surface area contributed by atoms with Crippen molar-refractivity contribution >= 4 is 27.5 Å². The highest BCUT2D eigenvalue weighted by Gasteiger charge is 2.22. The lowest BCUT2D eigenvalue weighted by Gasteiger charge is -2.26. The molecule has 3 amide bonds. The van der Waals surface area contributed by atoms with Crippen molar-refractivity contribution < 1.29 is 18.0 Å². The first-order chi connectivity index (χ1) is 11.9. The zero-order valence-corrected chi connectivity index (χ0v) is 14.7. The first-order valence-electron chi connectivity index (χ1n) is 8.31. The Balaban J connectivity index is 1.46. The second kappa shape index (κ2) is 7.40. The molecule has 1 aromatic carbocycles. The van der Waals surface area contributed by atoms with Gasteiger partial charge in [-0.15, -0.1) is 0 Å². The summed E-state index contributed by atoms with van der Waals surface area (Å²) in [4.78, 5) is 27.5. The molecule has 2 fully saturated rings. The van der Waals surface area contributed by atoms with Gasteiger partial charge in [-0.2, -0.15) is 0 Å². The predicted molar refractivity (Wildman–Crippen MR) is 94.6 cm³/mol. The average Bonchev–Trinajstić information content (AvgIpc) is 3.02. The van der Waals surface area contributed by atoms with E-state index in [1.54, 1.807) is 29.2 Å². The van der Waals surface area contributed by atoms with E-state index in [1.165, 1.54) is 0 Å². The molecule has 0 atom stereocenters. The number of hydrogen-bond donors (Lipinski definition) is 2. The molecule has 0 radical (unpaired) electrons. The van der Waals surface area contributed by atoms with E-state index < -0.39 is 9.84 Å². The summed E-state index contributed by atoms with van der Waals surface area (Å²) in [6.07, 6.45) is 0. The first-order valence-corrected chi connectivity index (χ1v) is 10.1. The van der Waals surface area contributed by atoms with Gasteiger partial charge in [0.05, 0.1) is 11.5 Å². The van der Waals surface area contributed by atoms with Gasteiger partial charge in [-0.3, -0.25) is 14.6 Å². The number of hydrogen-bond acceptors (Lipinski definition) is 5. The number of benzene rings is 1. The fourth-order valence-corrected chi connectivity index (χ4v) is 4.19. The molecule has 8 nitrogen and oxygen atoms in total. The third-order valence-corrected chi connectivity index (χ3v) is 6.06. The van der Waals surface area contributed by atoms with Gasteiger partial charge in [0.25, 0.3) is 5.91 Å². The number of nitrogens with zero attached hydrogens (tertiary/aromatic N) is 2. The average molecular weight is 366 g/mol. The molecule has 2 aliphatic rings. The normalized spacial score (nSPS) is 20.3. The van der Waals surface area contributed by atoms with Crippen LogP contribution in [0.25, 0.3) is 0 Å². The Labute approximate surface area is 147 Å². The smallest absolute Gasteiger partial charge is 0.321 e. The van der Waals surface area contributed by atoms with Crippen LogP contribution in [0.2, 0.25) is 0 Å². The van der Waals surface area contributed by atoms with Gasteiger partial charge in [-0.25, -0.2) is 13.2 Å². The summed E-state index contributed by atoms with van der Waals surface area (Å²) in [6.45, 7) is 3.38. The Kier molecular flexibility index (Phi) is 5.24. The summed E-state index contributed by atoms with van der Waals surface area (Å²) in [5.74, 6) is 0.195. The van der Waals surface area contributed by atoms with Crippen LogP contribution < -0.4 is 15.5 Å². The minimum Gasteiger partial charge on any atom is -0.351 e. The van der Waals surface area contributed by atoms with Crippen LogP contribution in [0.15, 0.2) is 24.3 Å². The number of nitrogens with one attached hydrogen (secondary N) is 2. The highest BCUT2D eigenvalue weighted by molar-refractivity contribution is 7.91. The molecular formula is C16H22N4O4S. The molecule has 3 rings (SSSR count). The molecule has 2 heterocycles. The van der Waals surface area contributed by atoms with Crippen LogP contribution in [0.4, 0.5) is 10.5 Å². The van der Waals surface area contributed by atoms with Gasteiger partial charge in [0.1, 0.15) is 0 Å². The van der Waals surface area contributed by atoms with Crippen LogP contribution in [0, 0.1) is 0 Å². The number of carbonyl (C=O) groups excluding carboxylic acids is 2. The number of anilines is 1. The Morgan fingerprint density at radius 1 is 1.12 bits per heavy atom. The molecule has 0 aromatic heterocycles. The number of carbonyl (C=O) groups is 2. The Bertz CT molecular complexity index is 734. The van der Waals surface area contributed by atoms with Crippen molar-refractivity contribution in [3.8, 4) is 0 Å². The summed E-state index contributed by atoms with van der Waals surface area (Å²) in [7, 11) is -2.88. The van der Waals surface area contributed by atoms with Gasteiger partial charge in [-0.05, 0) is 24.3 Å². The largest absolute Gasteiger partial charge is 0.351 e. The quantitative estimate of drug-likeness (QED) is 0.744. The van der Waals surface area contributed by atoms with Crippen LogP contribution in [0.3, 0.4) is 0 Å². The summed E-state index contributed by atoms with van der Waals surface area (Å²) in [5.41, 5.74) is 1.30. The third kappa shape index (κ3) is 4.49. The SMILES string of the molecule is O=C(NCCN1CCS(=O)(=O)CC1)c1ccc(N2CCNC2=O)cc1. The molecule has 0 unspecified atom stereocenters. The van der Waals surface area contributed by atoms with E-state index in [0.717, 1.165) is 5.69 Å². The van der Waals surface area contributed by atoms with E-state index in [9.17, 15) is 18.0 Å². The molecule has 9 heteroatoms. The molecule has 2 saturated heterocycles. The molecule has 2 aliphatic heterocycles. The van der Waals surface area contributed by atoms with Crippen molar-refractivity contribution in [3.05, 3.63) is 29.8 Å². The molecular weight excluding hydrogens is 344 g/mol. The lowest BCUT2D eigenvalue weighted by atomic mass is 10.2. The summed E-state index contributed by atoms with van der Waals surface area (Å²) >= 11 is 0. The zero-order chi connectivity index (χ0) is 17.9. The minimum atomic E-state index is -2.88. The van der Waals surface area contributed by atoms with Gasteiger partial charge >= 0.3 is 6.03 Å². The van der Waals surface area contributed by atoms with Crippen LogP contribution in [-0.4, -0.2) is 76.0 Å². The molecule has 1 aromatic rings. The van der Waals surface area contributed by atoms with E-state index in [4.69, 9.17) is 0 Å². The van der Waals surface area contributed by atoms with Gasteiger partial charge in [0.2, 0.25) is 0 Å². The Hall–Kier alpha value is -2.13. The van der Waals surface area contributed by atoms with Gasteiger partial charge in [0.15, 0.2) is 9.84 Å². The number of sulfone groups is 1. The van der Waals surface area contributed by atoms with E-state index in [2.05, 4.69) is 10.6 Å². The van der Waals surface area contributed by atoms with Crippen molar-refractivity contribution in [2.75, 3.05) is 55.7 Å². The van der Waals surface area contributed by atoms with E-state index >= 15 is 0 Å². The highest BCUT2D eigenvalue weighted by atomic mass is 32.2. The standard InChI is InChI=1S/C16H22N4O4S/c21-15(17-5-7-19-9-11-25(23,24)12-10-19)13-1-3-14(4-2-13)20-8-6-18-16(20)22/h1-4H,5-12H2,(H,17,21)(H,18,22). The van der Waals surface area contributed by atoms with Crippen LogP contribution in [0.1, 0.15) is 10.4 Å². The maximum Gasteiger partial charge on any atom is 0.321 e. The van der Waals surface area contributed by atoms with Crippen molar-refractivity contribution in [1.82, 2.24) is 15.5 Å². The maximum atomic E-state index is 12.2. The summed E-state index contributed by atoms with van der Waals surface area (Å²) < 4.78 is 22.8. The van der Waals surface area contributed by atoms with Crippen molar-refractivity contribution in [1.29, 1.82) is 0 Å². The van der Waals surface area contributed by atoms with Gasteiger partial charge in [0, 0.05) is 50.5 Å². The second-order valence-electron chi connectivity index (χ2n) is 6.18. The van der Waals surface area contributed by atoms with Crippen LogP contribution in [0.5, 0.6) is 0 Å². The third-order valence-electron chi connectivity index (χ3n) is 4.45. The number of rotatable bonds is 5. The molecule has 0 bridgehead atoms. The molecule has 0 spiro atoms. The van der Waals surface area contributed by atoms with Crippen molar-refractivity contribution in [3.63, 3.8) is 0 Å². The first kappa shape index (κ1) is 17.7. The minimum absolute atomic E-state index is 0.124. The number of amides is 3. The summed E-state index contributed by atoms with van der Waals surface area (Å²) in [6, 6.07) is 6.79. The molecule has 0 aliphatic carbocycles. The van der Waals surface area contributed by atoms with Crippen molar-refractivity contribution in [2.45, 2.75) is 0 Å². The number of urea groups is 1. The van der Waals surface area contributed by atoms with E-state index in [-0.39, 0.29) is 23.4 Å². The molecule has 2 N–H and O–H groups in total. The van der Waals surface area contributed by atoms with E-state index in [0.29, 0.717) is 44.8 Å². The van der Waals surface area contributed by atoms with Crippen LogP contribution in [-0.2, 0) is 9.84 Å². The Morgan fingerprint density at radius 2 is 1.80 bits per heavy atom. The van der Waals surface area contributed by atoms with Gasteiger partial charge in [-0.1, -0.05) is 0 Å². The molecule has 136 valence electrons. The predicted octanol–water partition coefficient (Wildman–Crippen LogP) is -0.324. The monoisotopic (exact) mass is 366 g/mol.